The number of likely N-dealkylation sites (N-methyl/N-ethyl adjacent to an activating group) is 1. The number of primary amides is 1. The van der Waals surface area contributed by atoms with Crippen LogP contribution >= 0.6 is 0 Å². The Kier molecular flexibility index (Phi) is 6.92. The molecular weight excluding hydrogens is 512 g/mol. The highest BCUT2D eigenvalue weighted by Crippen LogP contribution is 2.56. The molecule has 2 unspecified atom stereocenters. The number of Topliss-reactive ketones (excluding diaryl/α,β-unsaturated/α-hetero) is 2. The third-order valence-electron chi connectivity index (χ3n) is 7.85. The number of hydrogen-bond acceptors (Lipinski definition) is 11. The summed E-state index contributed by atoms with van der Waals surface area (Å²) in [4.78, 5) is 52.3. The average Bonchev–Trinajstić information content (AvgIpc) is 2.85. The highest BCUT2D eigenvalue weighted by molar-refractivity contribution is 6.24. The van der Waals surface area contributed by atoms with Crippen LogP contribution < -0.4 is 5.73 Å². The van der Waals surface area contributed by atoms with E-state index < -0.39 is 87.4 Å². The molecule has 1 aromatic carbocycles. The molecule has 3 aliphatic rings. The Labute approximate surface area is 223 Å². The summed E-state index contributed by atoms with van der Waals surface area (Å²) in [5.41, 5.74) is 1.13. The summed E-state index contributed by atoms with van der Waals surface area (Å²) in [7, 11) is 2.87. The van der Waals surface area contributed by atoms with E-state index in [1.165, 1.54) is 31.1 Å². The molecule has 0 aromatic heterocycles. The minimum absolute atomic E-state index is 0.106. The van der Waals surface area contributed by atoms with Crippen LogP contribution in [0.3, 0.4) is 0 Å². The number of amides is 1. The zero-order chi connectivity index (χ0) is 29.1. The molecule has 0 radical (unpaired) electrons. The first-order valence-electron chi connectivity index (χ1n) is 12.2. The van der Waals surface area contributed by atoms with E-state index in [1.54, 1.807) is 19.9 Å². The zero-order valence-corrected chi connectivity index (χ0v) is 21.7. The van der Waals surface area contributed by atoms with Crippen molar-refractivity contribution >= 4 is 35.3 Å². The fraction of sp³-hybridized carbons (Fsp3) is 0.407. The van der Waals surface area contributed by atoms with Gasteiger partial charge in [-0.3, -0.25) is 19.3 Å². The van der Waals surface area contributed by atoms with Crippen LogP contribution in [-0.4, -0.2) is 92.3 Å². The molecule has 39 heavy (non-hydrogen) atoms. The van der Waals surface area contributed by atoms with Crippen LogP contribution in [0.2, 0.25) is 0 Å². The van der Waals surface area contributed by atoms with E-state index in [0.29, 0.717) is 5.56 Å². The van der Waals surface area contributed by atoms with Crippen LogP contribution in [0.1, 0.15) is 36.5 Å². The van der Waals surface area contributed by atoms with Gasteiger partial charge in [-0.2, -0.15) is 0 Å². The lowest BCUT2D eigenvalue weighted by Gasteiger charge is -2.53. The summed E-state index contributed by atoms with van der Waals surface area (Å²) in [6.45, 7) is 3.39. The standard InChI is InChI=1S/C27H30N2O10/c1-5-39-13(30)9-7-11-6-8-12-10(2)14-16(21(32)15(12)20(11)31)24(35)27(38)18(22(14)33)19(29(3)4)23(34)17(25(27)36)26(28)37/h6-10,14,18-19,22,31-33,36,38H,5H2,1-4H3,(H2,28,37)/b9-7+/t10?,14-,18-,19?,22+,27+/m1/s1. The van der Waals surface area contributed by atoms with E-state index in [0.717, 1.165) is 6.08 Å². The minimum atomic E-state index is -2.99. The molecule has 7 N–H and O–H groups in total. The number of carbonyl (C=O) groups is 4. The second-order valence-electron chi connectivity index (χ2n) is 10.1. The van der Waals surface area contributed by atoms with Gasteiger partial charge in [-0.05, 0) is 38.6 Å². The molecule has 0 bridgehead atoms. The second kappa shape index (κ2) is 9.63. The molecule has 0 spiro atoms. The van der Waals surface area contributed by atoms with E-state index in [-0.39, 0.29) is 17.7 Å². The number of fused-ring (bicyclic) bond motifs is 3. The van der Waals surface area contributed by atoms with Crippen LogP contribution in [0.15, 0.2) is 35.1 Å². The first kappa shape index (κ1) is 28.0. The highest BCUT2D eigenvalue weighted by atomic mass is 16.5. The molecule has 4 rings (SSSR count). The lowest BCUT2D eigenvalue weighted by Crippen LogP contribution is -2.70. The molecule has 1 aromatic rings. The SMILES string of the molecule is CCOC(=O)/C=C/c1ccc2c(c1O)C(O)=C1C(=O)[C@]3(O)C(O)=C(C(N)=O)C(=O)C(N(C)C)[C@@H]3[C@@H](O)[C@@H]1C2C. The number of phenolic OH excluding ortho intramolecular Hbond substituents is 1. The van der Waals surface area contributed by atoms with Crippen molar-refractivity contribution in [2.24, 2.45) is 17.6 Å². The Bertz CT molecular complexity index is 1390. The van der Waals surface area contributed by atoms with E-state index in [2.05, 4.69) is 0 Å². The first-order chi connectivity index (χ1) is 18.2. The molecule has 208 valence electrons. The predicted octanol–water partition coefficient (Wildman–Crippen LogP) is 0.0721. The average molecular weight is 543 g/mol. The molecular formula is C27H30N2O10. The fourth-order valence-electron chi connectivity index (χ4n) is 6.12. The lowest BCUT2D eigenvalue weighted by molar-refractivity contribution is -0.169. The van der Waals surface area contributed by atoms with Crippen molar-refractivity contribution in [2.45, 2.75) is 37.5 Å². The largest absolute Gasteiger partial charge is 0.508 e. The number of benzene rings is 1. The maximum atomic E-state index is 14.0. The van der Waals surface area contributed by atoms with Gasteiger partial charge in [-0.1, -0.05) is 19.1 Å². The summed E-state index contributed by atoms with van der Waals surface area (Å²) in [5.74, 6) is -10.3. The number of aliphatic hydroxyl groups is 4. The Morgan fingerprint density at radius 3 is 2.38 bits per heavy atom. The number of nitrogens with zero attached hydrogens (tertiary/aromatic N) is 1. The van der Waals surface area contributed by atoms with Gasteiger partial charge < -0.3 is 36.0 Å². The van der Waals surface area contributed by atoms with Crippen molar-refractivity contribution in [2.75, 3.05) is 20.7 Å². The predicted molar refractivity (Wildman–Crippen MR) is 136 cm³/mol. The summed E-state index contributed by atoms with van der Waals surface area (Å²) >= 11 is 0. The molecule has 0 heterocycles. The first-order valence-corrected chi connectivity index (χ1v) is 12.2. The van der Waals surface area contributed by atoms with E-state index in [4.69, 9.17) is 10.5 Å². The number of aliphatic hydroxyl groups excluding tert-OH is 3. The van der Waals surface area contributed by atoms with Crippen LogP contribution in [0, 0.1) is 11.8 Å². The number of phenols is 1. The van der Waals surface area contributed by atoms with Crippen LogP contribution in [0.4, 0.5) is 0 Å². The third kappa shape index (κ3) is 3.86. The number of rotatable bonds is 5. The van der Waals surface area contributed by atoms with Gasteiger partial charge in [0.15, 0.2) is 11.4 Å². The van der Waals surface area contributed by atoms with Gasteiger partial charge in [0.25, 0.3) is 5.91 Å². The van der Waals surface area contributed by atoms with E-state index in [1.807, 2.05) is 0 Å². The lowest BCUT2D eigenvalue weighted by atomic mass is 9.54. The zero-order valence-electron chi connectivity index (χ0n) is 21.7. The highest BCUT2D eigenvalue weighted by Gasteiger charge is 2.68. The van der Waals surface area contributed by atoms with Gasteiger partial charge in [-0.25, -0.2) is 4.79 Å². The summed E-state index contributed by atoms with van der Waals surface area (Å²) in [6, 6.07) is 1.61. The molecule has 3 aliphatic carbocycles. The molecule has 6 atom stereocenters. The topological polar surface area (TPSA) is 208 Å². The van der Waals surface area contributed by atoms with Gasteiger partial charge in [0.1, 0.15) is 22.8 Å². The van der Waals surface area contributed by atoms with Crippen LogP contribution in [-0.2, 0) is 23.9 Å². The Balaban J connectivity index is 1.97. The minimum Gasteiger partial charge on any atom is -0.508 e. The summed E-state index contributed by atoms with van der Waals surface area (Å²) < 4.78 is 4.83. The summed E-state index contributed by atoms with van der Waals surface area (Å²) in [5, 5.41) is 56.5. The fourth-order valence-corrected chi connectivity index (χ4v) is 6.12. The van der Waals surface area contributed by atoms with Crippen molar-refractivity contribution in [1.29, 1.82) is 0 Å². The smallest absolute Gasteiger partial charge is 0.330 e. The third-order valence-corrected chi connectivity index (χ3v) is 7.85. The number of aromatic hydroxyl groups is 1. The van der Waals surface area contributed by atoms with Gasteiger partial charge in [0, 0.05) is 23.1 Å². The molecule has 1 saturated carbocycles. The number of hydrogen-bond donors (Lipinski definition) is 6. The van der Waals surface area contributed by atoms with E-state index >= 15 is 0 Å². The second-order valence-corrected chi connectivity index (χ2v) is 10.1. The van der Waals surface area contributed by atoms with Crippen molar-refractivity contribution in [3.05, 3.63) is 51.8 Å². The number of ketones is 2. The molecule has 12 nitrogen and oxygen atoms in total. The van der Waals surface area contributed by atoms with Crippen molar-refractivity contribution in [3.8, 4) is 5.75 Å². The molecule has 1 amide bonds. The van der Waals surface area contributed by atoms with Crippen molar-refractivity contribution < 1.29 is 49.4 Å². The van der Waals surface area contributed by atoms with Gasteiger partial charge >= 0.3 is 5.97 Å². The molecule has 12 heteroatoms. The Hall–Kier alpha value is -4.00. The molecule has 0 aliphatic heterocycles. The van der Waals surface area contributed by atoms with Crippen LogP contribution in [0.5, 0.6) is 5.75 Å². The Morgan fingerprint density at radius 2 is 1.82 bits per heavy atom. The Morgan fingerprint density at radius 1 is 1.18 bits per heavy atom. The van der Waals surface area contributed by atoms with Gasteiger partial charge in [-0.15, -0.1) is 0 Å². The normalized spacial score (nSPS) is 30.4. The molecule has 1 fully saturated rings. The number of ether oxygens (including phenoxy) is 1. The maximum absolute atomic E-state index is 14.0. The van der Waals surface area contributed by atoms with Gasteiger partial charge in [0.05, 0.1) is 30.2 Å². The van der Waals surface area contributed by atoms with Crippen molar-refractivity contribution in [1.82, 2.24) is 4.90 Å². The summed E-state index contributed by atoms with van der Waals surface area (Å²) in [6.07, 6.45) is 0.652. The molecule has 0 saturated heterocycles. The maximum Gasteiger partial charge on any atom is 0.330 e. The van der Waals surface area contributed by atoms with Crippen molar-refractivity contribution in [3.63, 3.8) is 0 Å². The number of carbonyl (C=O) groups excluding carboxylic acids is 4. The number of esters is 1. The van der Waals surface area contributed by atoms with E-state index in [9.17, 15) is 44.7 Å². The monoisotopic (exact) mass is 542 g/mol. The van der Waals surface area contributed by atoms with Gasteiger partial charge in [0.2, 0.25) is 5.78 Å². The number of nitrogens with two attached hydrogens (primary N) is 1. The van der Waals surface area contributed by atoms with Crippen LogP contribution in [0.25, 0.3) is 11.8 Å². The quantitative estimate of drug-likeness (QED) is 0.167.